The van der Waals surface area contributed by atoms with Crippen LogP contribution >= 0.6 is 0 Å². The Labute approximate surface area is 233 Å². The number of carbonyl (C=O) groups excluding carboxylic acids is 2. The largest absolute Gasteiger partial charge is 0.351 e. The van der Waals surface area contributed by atoms with Gasteiger partial charge in [0.15, 0.2) is 0 Å². The lowest BCUT2D eigenvalue weighted by Gasteiger charge is -2.39. The van der Waals surface area contributed by atoms with Gasteiger partial charge in [0.1, 0.15) is 0 Å². The van der Waals surface area contributed by atoms with Crippen LogP contribution in [0.1, 0.15) is 112 Å². The molecular formula is C34H54N2O2. The Kier molecular flexibility index (Phi) is 11.0. The molecule has 2 aromatic rings. The molecule has 2 N–H and O–H groups in total. The standard InChI is InChI=1S/C18H29NO.C16H25NO/c1-12-9-13(2)14(3)15(10-12)16(20)19-11-18(7,8)17(4,5)6;1-12-7-9-13(10-8-12)14(18)17-11-16(5,6)15(2,3)4/h9-10H,11H2,1-8H3,(H,19,20);7-10H,11H2,1-6H3,(H,17,18). The number of hydrogen-bond donors (Lipinski definition) is 2. The number of hydrogen-bond acceptors (Lipinski definition) is 2. The molecule has 0 atom stereocenters. The Morgan fingerprint density at radius 2 is 1.03 bits per heavy atom. The second-order valence-corrected chi connectivity index (χ2v) is 14.3. The van der Waals surface area contributed by atoms with Gasteiger partial charge in [-0.05, 0) is 78.7 Å². The highest BCUT2D eigenvalue weighted by atomic mass is 16.2. The molecule has 0 fully saturated rings. The van der Waals surface area contributed by atoms with Crippen LogP contribution in [0.15, 0.2) is 36.4 Å². The van der Waals surface area contributed by atoms with Crippen molar-refractivity contribution in [1.29, 1.82) is 0 Å². The molecule has 2 rings (SSSR count). The molecule has 0 heterocycles. The van der Waals surface area contributed by atoms with Gasteiger partial charge in [0.2, 0.25) is 0 Å². The SMILES string of the molecule is Cc1cc(C)c(C)c(C(=O)NCC(C)(C)C(C)(C)C)c1.Cc1ccc(C(=O)NCC(C)(C)C(C)(C)C)cc1. The van der Waals surface area contributed by atoms with Crippen LogP contribution in [0.2, 0.25) is 0 Å². The van der Waals surface area contributed by atoms with Gasteiger partial charge in [-0.3, -0.25) is 9.59 Å². The highest BCUT2D eigenvalue weighted by molar-refractivity contribution is 5.96. The molecule has 0 aliphatic rings. The van der Waals surface area contributed by atoms with Crippen LogP contribution in [0.3, 0.4) is 0 Å². The van der Waals surface area contributed by atoms with Gasteiger partial charge in [-0.1, -0.05) is 98.6 Å². The van der Waals surface area contributed by atoms with E-state index in [9.17, 15) is 9.59 Å². The fourth-order valence-electron chi connectivity index (χ4n) is 3.31. The predicted octanol–water partition coefficient (Wildman–Crippen LogP) is 8.21. The third-order valence-corrected chi connectivity index (χ3v) is 8.81. The monoisotopic (exact) mass is 522 g/mol. The maximum absolute atomic E-state index is 12.4. The molecule has 0 aliphatic carbocycles. The first-order valence-electron chi connectivity index (χ1n) is 13.8. The van der Waals surface area contributed by atoms with E-state index in [1.807, 2.05) is 51.1 Å². The summed E-state index contributed by atoms with van der Waals surface area (Å²) in [7, 11) is 0. The number of aryl methyl sites for hydroxylation is 3. The molecule has 212 valence electrons. The summed E-state index contributed by atoms with van der Waals surface area (Å²) in [6.45, 7) is 31.5. The molecule has 38 heavy (non-hydrogen) atoms. The molecule has 0 bridgehead atoms. The number of carbonyl (C=O) groups is 2. The van der Waals surface area contributed by atoms with Gasteiger partial charge >= 0.3 is 0 Å². The van der Waals surface area contributed by atoms with Crippen LogP contribution in [0, 0.1) is 49.4 Å². The first kappa shape index (κ1) is 33.4. The second kappa shape index (κ2) is 12.5. The average Bonchev–Trinajstić information content (AvgIpc) is 2.77. The van der Waals surface area contributed by atoms with Crippen molar-refractivity contribution < 1.29 is 9.59 Å². The molecule has 0 unspecified atom stereocenters. The molecule has 0 aliphatic heterocycles. The van der Waals surface area contributed by atoms with Crippen molar-refractivity contribution in [3.8, 4) is 0 Å². The van der Waals surface area contributed by atoms with Gasteiger partial charge in [0.05, 0.1) is 0 Å². The zero-order valence-corrected chi connectivity index (χ0v) is 26.7. The highest BCUT2D eigenvalue weighted by Gasteiger charge is 2.34. The third kappa shape index (κ3) is 9.29. The molecule has 0 aromatic heterocycles. The summed E-state index contributed by atoms with van der Waals surface area (Å²) in [4.78, 5) is 24.5. The minimum absolute atomic E-state index is 0.00678. The van der Waals surface area contributed by atoms with E-state index in [0.29, 0.717) is 13.1 Å². The average molecular weight is 523 g/mol. The quantitative estimate of drug-likeness (QED) is 0.401. The minimum Gasteiger partial charge on any atom is -0.351 e. The lowest BCUT2D eigenvalue weighted by molar-refractivity contribution is 0.0860. The predicted molar refractivity (Wildman–Crippen MR) is 163 cm³/mol. The molecule has 4 nitrogen and oxygen atoms in total. The second-order valence-electron chi connectivity index (χ2n) is 14.3. The highest BCUT2D eigenvalue weighted by Crippen LogP contribution is 2.37. The van der Waals surface area contributed by atoms with Gasteiger partial charge in [-0.15, -0.1) is 0 Å². The fourth-order valence-corrected chi connectivity index (χ4v) is 3.31. The van der Waals surface area contributed by atoms with E-state index in [-0.39, 0.29) is 33.5 Å². The Hall–Kier alpha value is -2.62. The molecule has 4 heteroatoms. The van der Waals surface area contributed by atoms with Crippen molar-refractivity contribution in [3.63, 3.8) is 0 Å². The van der Waals surface area contributed by atoms with Crippen molar-refractivity contribution >= 4 is 11.8 Å². The Balaban J connectivity index is 0.000000382. The van der Waals surface area contributed by atoms with Gasteiger partial charge in [0.25, 0.3) is 11.8 Å². The molecule has 2 amide bonds. The summed E-state index contributed by atoms with van der Waals surface area (Å²) in [5, 5.41) is 6.13. The van der Waals surface area contributed by atoms with E-state index >= 15 is 0 Å². The minimum atomic E-state index is 0.00678. The third-order valence-electron chi connectivity index (χ3n) is 8.81. The topological polar surface area (TPSA) is 58.2 Å². The summed E-state index contributed by atoms with van der Waals surface area (Å²) in [5.74, 6) is 0.0407. The summed E-state index contributed by atoms with van der Waals surface area (Å²) in [6.07, 6.45) is 0. The van der Waals surface area contributed by atoms with Gasteiger partial charge in [0, 0.05) is 24.2 Å². The van der Waals surface area contributed by atoms with E-state index in [4.69, 9.17) is 0 Å². The maximum atomic E-state index is 12.4. The number of rotatable bonds is 6. The first-order valence-corrected chi connectivity index (χ1v) is 13.8. The summed E-state index contributed by atoms with van der Waals surface area (Å²) in [6, 6.07) is 11.8. The van der Waals surface area contributed by atoms with Crippen molar-refractivity contribution in [2.45, 2.75) is 96.9 Å². The van der Waals surface area contributed by atoms with Crippen LogP contribution in [-0.2, 0) is 0 Å². The molecule has 0 saturated heterocycles. The number of nitrogens with one attached hydrogen (secondary N) is 2. The van der Waals surface area contributed by atoms with Crippen molar-refractivity contribution in [2.24, 2.45) is 21.7 Å². The van der Waals surface area contributed by atoms with Gasteiger partial charge < -0.3 is 10.6 Å². The summed E-state index contributed by atoms with van der Waals surface area (Å²) >= 11 is 0. The van der Waals surface area contributed by atoms with Gasteiger partial charge in [-0.25, -0.2) is 0 Å². The Morgan fingerprint density at radius 1 is 0.605 bits per heavy atom. The fraction of sp³-hybridized carbons (Fsp3) is 0.588. The van der Waals surface area contributed by atoms with Crippen LogP contribution < -0.4 is 10.6 Å². The zero-order chi connectivity index (χ0) is 29.7. The Bertz CT molecular complexity index is 1100. The molecular weight excluding hydrogens is 468 g/mol. The number of benzene rings is 2. The molecule has 0 radical (unpaired) electrons. The summed E-state index contributed by atoms with van der Waals surface area (Å²) < 4.78 is 0. The Morgan fingerprint density at radius 3 is 1.45 bits per heavy atom. The summed E-state index contributed by atoms with van der Waals surface area (Å²) in [5.41, 5.74) is 6.49. The lowest BCUT2D eigenvalue weighted by Crippen LogP contribution is -2.41. The molecule has 0 spiro atoms. The van der Waals surface area contributed by atoms with Gasteiger partial charge in [-0.2, -0.15) is 0 Å². The smallest absolute Gasteiger partial charge is 0.251 e. The van der Waals surface area contributed by atoms with E-state index in [0.717, 1.165) is 22.3 Å². The molecule has 2 aromatic carbocycles. The van der Waals surface area contributed by atoms with Crippen LogP contribution in [0.5, 0.6) is 0 Å². The van der Waals surface area contributed by atoms with Crippen LogP contribution in [0.4, 0.5) is 0 Å². The first-order chi connectivity index (χ1) is 17.1. The van der Waals surface area contributed by atoms with Crippen LogP contribution in [-0.4, -0.2) is 24.9 Å². The zero-order valence-electron chi connectivity index (χ0n) is 26.7. The van der Waals surface area contributed by atoms with Crippen molar-refractivity contribution in [2.75, 3.05) is 13.1 Å². The van der Waals surface area contributed by atoms with E-state index < -0.39 is 0 Å². The normalized spacial score (nSPS) is 12.4. The van der Waals surface area contributed by atoms with E-state index in [1.54, 1.807) is 0 Å². The number of amides is 2. The van der Waals surface area contributed by atoms with Crippen molar-refractivity contribution in [1.82, 2.24) is 10.6 Å². The van der Waals surface area contributed by atoms with E-state index in [1.165, 1.54) is 11.1 Å². The molecule has 0 saturated carbocycles. The van der Waals surface area contributed by atoms with E-state index in [2.05, 4.69) is 92.9 Å². The lowest BCUT2D eigenvalue weighted by atomic mass is 9.69. The van der Waals surface area contributed by atoms with Crippen molar-refractivity contribution in [3.05, 3.63) is 69.8 Å². The maximum Gasteiger partial charge on any atom is 0.251 e. The van der Waals surface area contributed by atoms with Crippen LogP contribution in [0.25, 0.3) is 0 Å².